The topological polar surface area (TPSA) is 68.2 Å². The molecule has 0 radical (unpaired) electrons. The second kappa shape index (κ2) is 10.5. The van der Waals surface area contributed by atoms with Crippen LogP contribution in [0, 0.1) is 6.92 Å². The molecular formula is C19H28N4O2. The van der Waals surface area contributed by atoms with Gasteiger partial charge in [0.1, 0.15) is 0 Å². The number of benzene rings is 1. The average Bonchev–Trinajstić information content (AvgIpc) is 3.00. The Kier molecular flexibility index (Phi) is 7.98. The lowest BCUT2D eigenvalue weighted by Gasteiger charge is -2.09. The van der Waals surface area contributed by atoms with Crippen LogP contribution in [0.1, 0.15) is 38.3 Å². The zero-order valence-corrected chi connectivity index (χ0v) is 15.1. The van der Waals surface area contributed by atoms with E-state index in [1.807, 2.05) is 24.5 Å². The average molecular weight is 344 g/mol. The van der Waals surface area contributed by atoms with E-state index in [4.69, 9.17) is 4.84 Å². The first-order valence-electron chi connectivity index (χ1n) is 8.95. The summed E-state index contributed by atoms with van der Waals surface area (Å²) >= 11 is 0. The number of hydroxylamine groups is 1. The van der Waals surface area contributed by atoms with Crippen molar-refractivity contribution in [2.45, 2.75) is 46.1 Å². The van der Waals surface area contributed by atoms with Crippen molar-refractivity contribution in [1.29, 1.82) is 0 Å². The molecule has 2 amide bonds. The van der Waals surface area contributed by atoms with E-state index in [-0.39, 0.29) is 6.03 Å². The summed E-state index contributed by atoms with van der Waals surface area (Å²) in [6, 6.07) is 9.88. The van der Waals surface area contributed by atoms with Gasteiger partial charge in [-0.1, -0.05) is 50.1 Å². The van der Waals surface area contributed by atoms with Crippen molar-refractivity contribution in [3.63, 3.8) is 0 Å². The molecular weight excluding hydrogens is 316 g/mol. The number of amides is 2. The standard InChI is InChI=1S/C19H28N4O2/c1-3-4-8-12-20-19(24)22-25-14-9-13-23-15-21-18(16(23)2)17-10-6-5-7-11-17/h5-7,10-11,15H,3-4,8-9,12-14H2,1-2H3,(H2,20,22,24). The minimum atomic E-state index is -0.277. The molecule has 2 N–H and O–H groups in total. The third kappa shape index (κ3) is 6.23. The Labute approximate surface area is 149 Å². The molecule has 0 atom stereocenters. The number of unbranched alkanes of at least 4 members (excludes halogenated alkanes) is 2. The number of rotatable bonds is 10. The van der Waals surface area contributed by atoms with Crippen LogP contribution in [0.3, 0.4) is 0 Å². The molecule has 0 aliphatic carbocycles. The third-order valence-electron chi connectivity index (χ3n) is 4.02. The number of nitrogens with zero attached hydrogens (tertiary/aromatic N) is 2. The summed E-state index contributed by atoms with van der Waals surface area (Å²) in [5.74, 6) is 0. The van der Waals surface area contributed by atoms with Crippen molar-refractivity contribution in [2.24, 2.45) is 0 Å². The van der Waals surface area contributed by atoms with E-state index in [1.165, 1.54) is 0 Å². The van der Waals surface area contributed by atoms with Crippen molar-refractivity contribution in [3.05, 3.63) is 42.4 Å². The fourth-order valence-electron chi connectivity index (χ4n) is 2.59. The van der Waals surface area contributed by atoms with Gasteiger partial charge < -0.3 is 9.88 Å². The van der Waals surface area contributed by atoms with Gasteiger partial charge in [0.15, 0.2) is 0 Å². The number of imidazole rings is 1. The molecule has 0 spiro atoms. The molecule has 6 nitrogen and oxygen atoms in total. The monoisotopic (exact) mass is 344 g/mol. The Balaban J connectivity index is 1.66. The molecule has 0 aliphatic rings. The number of hydrogen-bond acceptors (Lipinski definition) is 3. The Morgan fingerprint density at radius 3 is 2.76 bits per heavy atom. The molecule has 136 valence electrons. The molecule has 2 aromatic rings. The van der Waals surface area contributed by atoms with Gasteiger partial charge in [-0.05, 0) is 19.8 Å². The lowest BCUT2D eigenvalue weighted by Crippen LogP contribution is -2.36. The lowest BCUT2D eigenvalue weighted by molar-refractivity contribution is 0.0577. The highest BCUT2D eigenvalue weighted by Crippen LogP contribution is 2.21. The van der Waals surface area contributed by atoms with E-state index >= 15 is 0 Å². The second-order valence-electron chi connectivity index (χ2n) is 6.01. The molecule has 1 aromatic carbocycles. The van der Waals surface area contributed by atoms with Crippen molar-refractivity contribution < 1.29 is 9.63 Å². The minimum absolute atomic E-state index is 0.277. The smallest absolute Gasteiger partial charge is 0.336 e. The highest BCUT2D eigenvalue weighted by Gasteiger charge is 2.08. The Hall–Kier alpha value is -2.34. The maximum atomic E-state index is 11.5. The van der Waals surface area contributed by atoms with Gasteiger partial charge >= 0.3 is 6.03 Å². The summed E-state index contributed by atoms with van der Waals surface area (Å²) in [7, 11) is 0. The molecule has 1 aromatic heterocycles. The number of urea groups is 1. The summed E-state index contributed by atoms with van der Waals surface area (Å²) in [5.41, 5.74) is 5.68. The summed E-state index contributed by atoms with van der Waals surface area (Å²) < 4.78 is 2.11. The summed E-state index contributed by atoms with van der Waals surface area (Å²) in [5, 5.41) is 2.77. The first-order valence-corrected chi connectivity index (χ1v) is 8.95. The third-order valence-corrected chi connectivity index (χ3v) is 4.02. The number of carbonyl (C=O) groups excluding carboxylic acids is 1. The summed E-state index contributed by atoms with van der Waals surface area (Å²) in [6.07, 6.45) is 5.90. The molecule has 25 heavy (non-hydrogen) atoms. The first kappa shape index (κ1) is 19.0. The highest BCUT2D eigenvalue weighted by molar-refractivity contribution is 5.72. The highest BCUT2D eigenvalue weighted by atomic mass is 16.7. The largest absolute Gasteiger partial charge is 0.338 e. The van der Waals surface area contributed by atoms with Gasteiger partial charge in [0.2, 0.25) is 0 Å². The molecule has 0 unspecified atom stereocenters. The van der Waals surface area contributed by atoms with Gasteiger partial charge in [-0.25, -0.2) is 15.3 Å². The maximum absolute atomic E-state index is 11.5. The number of nitrogens with one attached hydrogen (secondary N) is 2. The van der Waals surface area contributed by atoms with E-state index in [0.29, 0.717) is 13.2 Å². The van der Waals surface area contributed by atoms with Crippen molar-refractivity contribution >= 4 is 6.03 Å². The van der Waals surface area contributed by atoms with Gasteiger partial charge in [-0.3, -0.25) is 4.84 Å². The quantitative estimate of drug-likeness (QED) is 0.510. The van der Waals surface area contributed by atoms with Crippen LogP contribution in [0.4, 0.5) is 4.79 Å². The van der Waals surface area contributed by atoms with E-state index < -0.39 is 0 Å². The maximum Gasteiger partial charge on any atom is 0.338 e. The molecule has 1 heterocycles. The number of aromatic nitrogens is 2. The molecule has 2 rings (SSSR count). The Morgan fingerprint density at radius 2 is 2.00 bits per heavy atom. The zero-order valence-electron chi connectivity index (χ0n) is 15.1. The summed E-state index contributed by atoms with van der Waals surface area (Å²) in [6.45, 7) is 6.14. The molecule has 0 bridgehead atoms. The number of hydrogen-bond donors (Lipinski definition) is 2. The van der Waals surface area contributed by atoms with Crippen LogP contribution in [0.25, 0.3) is 11.3 Å². The Morgan fingerprint density at radius 1 is 1.20 bits per heavy atom. The van der Waals surface area contributed by atoms with Crippen LogP contribution in [0.5, 0.6) is 0 Å². The second-order valence-corrected chi connectivity index (χ2v) is 6.01. The van der Waals surface area contributed by atoms with E-state index in [0.717, 1.165) is 49.2 Å². The van der Waals surface area contributed by atoms with Crippen molar-refractivity contribution in [2.75, 3.05) is 13.2 Å². The van der Waals surface area contributed by atoms with Crippen LogP contribution in [0.15, 0.2) is 36.7 Å². The minimum Gasteiger partial charge on any atom is -0.336 e. The fourth-order valence-corrected chi connectivity index (χ4v) is 2.59. The van der Waals surface area contributed by atoms with E-state index in [1.54, 1.807) is 0 Å². The van der Waals surface area contributed by atoms with Crippen molar-refractivity contribution in [3.8, 4) is 11.3 Å². The van der Waals surface area contributed by atoms with Crippen LogP contribution in [-0.2, 0) is 11.4 Å². The molecule has 0 saturated heterocycles. The molecule has 0 aliphatic heterocycles. The molecule has 0 saturated carbocycles. The van der Waals surface area contributed by atoms with Crippen LogP contribution in [-0.4, -0.2) is 28.7 Å². The fraction of sp³-hybridized carbons (Fsp3) is 0.474. The molecule has 6 heteroatoms. The lowest BCUT2D eigenvalue weighted by atomic mass is 10.1. The van der Waals surface area contributed by atoms with Gasteiger partial charge in [0.05, 0.1) is 18.6 Å². The van der Waals surface area contributed by atoms with Gasteiger partial charge in [0, 0.05) is 24.3 Å². The van der Waals surface area contributed by atoms with Gasteiger partial charge in [-0.2, -0.15) is 0 Å². The number of carbonyl (C=O) groups is 1. The van der Waals surface area contributed by atoms with Crippen LogP contribution < -0.4 is 10.8 Å². The van der Waals surface area contributed by atoms with Gasteiger partial charge in [-0.15, -0.1) is 0 Å². The predicted molar refractivity (Wildman–Crippen MR) is 99.0 cm³/mol. The predicted octanol–water partition coefficient (Wildman–Crippen LogP) is 3.67. The van der Waals surface area contributed by atoms with Crippen LogP contribution in [0.2, 0.25) is 0 Å². The normalized spacial score (nSPS) is 10.6. The first-order chi connectivity index (χ1) is 12.2. The Bertz CT molecular complexity index is 640. The van der Waals surface area contributed by atoms with E-state index in [9.17, 15) is 4.79 Å². The zero-order chi connectivity index (χ0) is 17.9. The SMILES string of the molecule is CCCCCNC(=O)NOCCCn1cnc(-c2ccccc2)c1C. The van der Waals surface area contributed by atoms with Crippen LogP contribution >= 0.6 is 0 Å². The summed E-state index contributed by atoms with van der Waals surface area (Å²) in [4.78, 5) is 21.2. The van der Waals surface area contributed by atoms with Crippen molar-refractivity contribution in [1.82, 2.24) is 20.3 Å². The molecule has 0 fully saturated rings. The number of aryl methyl sites for hydroxylation is 1. The van der Waals surface area contributed by atoms with Gasteiger partial charge in [0.25, 0.3) is 0 Å². The van der Waals surface area contributed by atoms with E-state index in [2.05, 4.69) is 46.3 Å².